The van der Waals surface area contributed by atoms with Gasteiger partial charge in [0, 0.05) is 11.5 Å². The van der Waals surface area contributed by atoms with Crippen LogP contribution in [0, 0.1) is 12.7 Å². The van der Waals surface area contributed by atoms with Crippen LogP contribution in [0.1, 0.15) is 21.7 Å². The van der Waals surface area contributed by atoms with Gasteiger partial charge in [0.1, 0.15) is 5.82 Å². The van der Waals surface area contributed by atoms with Crippen molar-refractivity contribution in [3.8, 4) is 0 Å². The highest BCUT2D eigenvalue weighted by atomic mass is 79.9. The van der Waals surface area contributed by atoms with Crippen molar-refractivity contribution in [2.45, 2.75) is 13.3 Å². The number of nitrogens with zero attached hydrogens (tertiary/aromatic N) is 2. The molecule has 3 nitrogen and oxygen atoms in total. The monoisotopic (exact) mass is 344 g/mol. The summed E-state index contributed by atoms with van der Waals surface area (Å²) in [5, 5.41) is 4.58. The van der Waals surface area contributed by atoms with Gasteiger partial charge in [0.05, 0.1) is 28.4 Å². The fourth-order valence-electron chi connectivity index (χ4n) is 1.83. The number of aromatic nitrogens is 2. The van der Waals surface area contributed by atoms with Crippen LogP contribution in [0.4, 0.5) is 4.39 Å². The van der Waals surface area contributed by atoms with E-state index in [1.807, 2.05) is 0 Å². The molecular formula is C13H11BrClFN2O. The minimum atomic E-state index is -0.539. The van der Waals surface area contributed by atoms with Crippen LogP contribution in [0.25, 0.3) is 0 Å². The number of aryl methyl sites for hydroxylation is 2. The van der Waals surface area contributed by atoms with Gasteiger partial charge < -0.3 is 0 Å². The lowest BCUT2D eigenvalue weighted by Gasteiger charge is -2.04. The first-order valence-corrected chi connectivity index (χ1v) is 6.73. The quantitative estimate of drug-likeness (QED) is 0.795. The molecule has 0 aliphatic heterocycles. The predicted molar refractivity (Wildman–Crippen MR) is 75.1 cm³/mol. The molecule has 6 heteroatoms. The van der Waals surface area contributed by atoms with E-state index in [0.29, 0.717) is 20.9 Å². The van der Waals surface area contributed by atoms with Crippen LogP contribution in [-0.2, 0) is 13.5 Å². The maximum absolute atomic E-state index is 13.6. The molecule has 19 heavy (non-hydrogen) atoms. The smallest absolute Gasteiger partial charge is 0.171 e. The van der Waals surface area contributed by atoms with E-state index in [4.69, 9.17) is 11.6 Å². The van der Waals surface area contributed by atoms with Crippen molar-refractivity contribution in [1.29, 1.82) is 0 Å². The molecule has 1 aromatic carbocycles. The fraction of sp³-hybridized carbons (Fsp3) is 0.231. The summed E-state index contributed by atoms with van der Waals surface area (Å²) in [6.07, 6.45) is 0.0174. The largest absolute Gasteiger partial charge is 0.294 e. The van der Waals surface area contributed by atoms with Gasteiger partial charge in [-0.1, -0.05) is 27.5 Å². The van der Waals surface area contributed by atoms with Gasteiger partial charge in [-0.15, -0.1) is 0 Å². The lowest BCUT2D eigenvalue weighted by Crippen LogP contribution is -2.10. The second-order valence-electron chi connectivity index (χ2n) is 4.19. The number of benzene rings is 1. The van der Waals surface area contributed by atoms with Crippen LogP contribution >= 0.6 is 27.5 Å². The average molecular weight is 346 g/mol. The molecule has 0 aliphatic carbocycles. The number of Topliss-reactive ketones (excluding diaryl/α,β-unsaturated/α-hetero) is 1. The Morgan fingerprint density at radius 1 is 1.53 bits per heavy atom. The first-order valence-electron chi connectivity index (χ1n) is 5.56. The molecule has 0 radical (unpaired) electrons. The zero-order valence-electron chi connectivity index (χ0n) is 10.4. The summed E-state index contributed by atoms with van der Waals surface area (Å²) in [6, 6.07) is 4.27. The zero-order chi connectivity index (χ0) is 14.2. The van der Waals surface area contributed by atoms with Crippen LogP contribution < -0.4 is 0 Å². The van der Waals surface area contributed by atoms with Gasteiger partial charge >= 0.3 is 0 Å². The summed E-state index contributed by atoms with van der Waals surface area (Å²) >= 11 is 9.30. The third kappa shape index (κ3) is 2.87. The van der Waals surface area contributed by atoms with Crippen molar-refractivity contribution in [2.24, 2.45) is 7.05 Å². The number of hydrogen-bond donors (Lipinski definition) is 0. The zero-order valence-corrected chi connectivity index (χ0v) is 12.7. The molecule has 0 fully saturated rings. The first-order chi connectivity index (χ1) is 8.90. The number of halogens is 3. The Labute approximate surface area is 123 Å². The molecule has 0 unspecified atom stereocenters. The Balaban J connectivity index is 2.33. The molecule has 0 saturated carbocycles. The van der Waals surface area contributed by atoms with Crippen molar-refractivity contribution in [3.05, 3.63) is 50.5 Å². The Morgan fingerprint density at radius 2 is 2.21 bits per heavy atom. The second kappa shape index (κ2) is 5.43. The minimum Gasteiger partial charge on any atom is -0.294 e. The number of carbonyl (C=O) groups excluding carboxylic acids is 1. The van der Waals surface area contributed by atoms with Gasteiger partial charge in [0.25, 0.3) is 0 Å². The summed E-state index contributed by atoms with van der Waals surface area (Å²) in [5.74, 6) is -0.869. The number of ketones is 1. The number of rotatable bonds is 3. The molecule has 2 rings (SSSR count). The van der Waals surface area contributed by atoms with E-state index in [2.05, 4.69) is 21.0 Å². The molecule has 2 aromatic rings. The average Bonchev–Trinajstić information content (AvgIpc) is 2.59. The van der Waals surface area contributed by atoms with Gasteiger partial charge in [-0.05, 0) is 25.1 Å². The van der Waals surface area contributed by atoms with Gasteiger partial charge in [-0.25, -0.2) is 4.39 Å². The molecule has 0 N–H and O–H groups in total. The second-order valence-corrected chi connectivity index (χ2v) is 5.49. The van der Waals surface area contributed by atoms with Gasteiger partial charge in [-0.3, -0.25) is 9.48 Å². The van der Waals surface area contributed by atoms with E-state index in [9.17, 15) is 9.18 Å². The normalized spacial score (nSPS) is 10.8. The van der Waals surface area contributed by atoms with Crippen LogP contribution in [0.2, 0.25) is 5.02 Å². The molecule has 100 valence electrons. The number of carbonyl (C=O) groups is 1. The Morgan fingerprint density at radius 3 is 2.79 bits per heavy atom. The highest BCUT2D eigenvalue weighted by Crippen LogP contribution is 2.23. The van der Waals surface area contributed by atoms with Crippen LogP contribution in [0.15, 0.2) is 22.7 Å². The van der Waals surface area contributed by atoms with Crippen molar-refractivity contribution < 1.29 is 9.18 Å². The van der Waals surface area contributed by atoms with Crippen molar-refractivity contribution >= 4 is 33.3 Å². The van der Waals surface area contributed by atoms with E-state index in [1.165, 1.54) is 12.1 Å². The molecule has 0 spiro atoms. The molecule has 0 bridgehead atoms. The summed E-state index contributed by atoms with van der Waals surface area (Å²) in [7, 11) is 1.71. The van der Waals surface area contributed by atoms with E-state index in [0.717, 1.165) is 0 Å². The van der Waals surface area contributed by atoms with Crippen molar-refractivity contribution in [2.75, 3.05) is 0 Å². The molecule has 0 saturated heterocycles. The third-order valence-corrected chi connectivity index (χ3v) is 3.80. The Hall–Kier alpha value is -1.20. The molecule has 1 aromatic heterocycles. The van der Waals surface area contributed by atoms with Gasteiger partial charge in [0.2, 0.25) is 0 Å². The van der Waals surface area contributed by atoms with Crippen molar-refractivity contribution in [3.63, 3.8) is 0 Å². The summed E-state index contributed by atoms with van der Waals surface area (Å²) in [5.41, 5.74) is 1.29. The summed E-state index contributed by atoms with van der Waals surface area (Å²) < 4.78 is 15.8. The van der Waals surface area contributed by atoms with E-state index in [-0.39, 0.29) is 17.8 Å². The highest BCUT2D eigenvalue weighted by molar-refractivity contribution is 9.10. The maximum Gasteiger partial charge on any atom is 0.171 e. The minimum absolute atomic E-state index is 0.0174. The predicted octanol–water partition coefficient (Wildman–Crippen LogP) is 3.71. The van der Waals surface area contributed by atoms with E-state index < -0.39 is 5.82 Å². The van der Waals surface area contributed by atoms with Crippen LogP contribution in [-0.4, -0.2) is 15.6 Å². The molecule has 0 atom stereocenters. The molecular weight excluding hydrogens is 335 g/mol. The highest BCUT2D eigenvalue weighted by Gasteiger charge is 2.18. The summed E-state index contributed by atoms with van der Waals surface area (Å²) in [4.78, 5) is 12.1. The SMILES string of the molecule is Cc1nn(C)c(CC(=O)c2cc(Br)ccc2F)c1Cl. The Kier molecular flexibility index (Phi) is 4.06. The molecule has 0 aliphatic rings. The van der Waals surface area contributed by atoms with Crippen molar-refractivity contribution in [1.82, 2.24) is 9.78 Å². The van der Waals surface area contributed by atoms with Gasteiger partial charge in [-0.2, -0.15) is 5.10 Å². The maximum atomic E-state index is 13.6. The topological polar surface area (TPSA) is 34.9 Å². The standard InChI is InChI=1S/C13H11BrClFN2O/c1-7-13(15)11(18(2)17-7)6-12(19)9-5-8(14)3-4-10(9)16/h3-5H,6H2,1-2H3. The molecule has 0 amide bonds. The lowest BCUT2D eigenvalue weighted by atomic mass is 10.1. The summed E-state index contributed by atoms with van der Waals surface area (Å²) in [6.45, 7) is 1.76. The van der Waals surface area contributed by atoms with E-state index >= 15 is 0 Å². The lowest BCUT2D eigenvalue weighted by molar-refractivity contribution is 0.0987. The Bertz CT molecular complexity index is 654. The van der Waals surface area contributed by atoms with Crippen LogP contribution in [0.3, 0.4) is 0 Å². The van der Waals surface area contributed by atoms with Crippen LogP contribution in [0.5, 0.6) is 0 Å². The third-order valence-electron chi connectivity index (χ3n) is 2.82. The van der Waals surface area contributed by atoms with E-state index in [1.54, 1.807) is 24.7 Å². The number of hydrogen-bond acceptors (Lipinski definition) is 2. The first kappa shape index (κ1) is 14.2. The molecule has 1 heterocycles. The fourth-order valence-corrected chi connectivity index (χ4v) is 2.42. The van der Waals surface area contributed by atoms with Gasteiger partial charge in [0.15, 0.2) is 5.78 Å².